The Morgan fingerprint density at radius 2 is 2.20 bits per heavy atom. The van der Waals surface area contributed by atoms with Crippen LogP contribution in [0, 0.1) is 0 Å². The molecule has 2 N–H and O–H groups in total. The van der Waals surface area contributed by atoms with E-state index in [1.165, 1.54) is 5.56 Å². The van der Waals surface area contributed by atoms with Crippen molar-refractivity contribution in [3.63, 3.8) is 0 Å². The zero-order valence-corrected chi connectivity index (χ0v) is 9.70. The lowest BCUT2D eigenvalue weighted by Crippen LogP contribution is -2.15. The van der Waals surface area contributed by atoms with Crippen LogP contribution in [0.2, 0.25) is 0 Å². The number of ether oxygens (including phenoxy) is 1. The average molecular weight is 207 g/mol. The van der Waals surface area contributed by atoms with Gasteiger partial charge >= 0.3 is 0 Å². The van der Waals surface area contributed by atoms with Crippen molar-refractivity contribution in [1.29, 1.82) is 0 Å². The summed E-state index contributed by atoms with van der Waals surface area (Å²) < 4.78 is 5.64. The average Bonchev–Trinajstić information content (AvgIpc) is 2.24. The molecule has 2 nitrogen and oxygen atoms in total. The van der Waals surface area contributed by atoms with E-state index in [0.717, 1.165) is 31.6 Å². The summed E-state index contributed by atoms with van der Waals surface area (Å²) in [5.41, 5.74) is 6.98. The summed E-state index contributed by atoms with van der Waals surface area (Å²) in [5, 5.41) is 0. The van der Waals surface area contributed by atoms with Crippen molar-refractivity contribution < 1.29 is 4.74 Å². The van der Waals surface area contributed by atoms with Crippen molar-refractivity contribution in [2.45, 2.75) is 39.2 Å². The molecule has 0 aliphatic carbocycles. The molecule has 1 unspecified atom stereocenters. The van der Waals surface area contributed by atoms with Crippen molar-refractivity contribution in [3.8, 4) is 5.75 Å². The standard InChI is InChI=1S/C13H21NO/c1-3-12-7-4-8-13(10-12)15-9-5-6-11(2)14/h4,7-8,10-11H,3,5-6,9,14H2,1-2H3. The monoisotopic (exact) mass is 207 g/mol. The van der Waals surface area contributed by atoms with E-state index in [4.69, 9.17) is 10.5 Å². The van der Waals surface area contributed by atoms with Crippen LogP contribution in [0.1, 0.15) is 32.3 Å². The molecule has 2 heteroatoms. The largest absolute Gasteiger partial charge is 0.494 e. The topological polar surface area (TPSA) is 35.2 Å². The van der Waals surface area contributed by atoms with E-state index in [9.17, 15) is 0 Å². The van der Waals surface area contributed by atoms with Crippen LogP contribution in [0.25, 0.3) is 0 Å². The number of hydrogen-bond acceptors (Lipinski definition) is 2. The maximum Gasteiger partial charge on any atom is 0.119 e. The third-order valence-corrected chi connectivity index (χ3v) is 2.38. The molecule has 0 heterocycles. The lowest BCUT2D eigenvalue weighted by molar-refractivity contribution is 0.302. The molecule has 84 valence electrons. The number of aryl methyl sites for hydroxylation is 1. The molecule has 0 amide bonds. The molecule has 0 saturated carbocycles. The molecule has 0 aliphatic heterocycles. The highest BCUT2D eigenvalue weighted by Gasteiger charge is 1.97. The Hall–Kier alpha value is -1.02. The van der Waals surface area contributed by atoms with Crippen LogP contribution in [0.15, 0.2) is 24.3 Å². The van der Waals surface area contributed by atoms with Crippen molar-refractivity contribution >= 4 is 0 Å². The van der Waals surface area contributed by atoms with Crippen LogP contribution in [-0.4, -0.2) is 12.6 Å². The molecular formula is C13H21NO. The maximum absolute atomic E-state index is 5.66. The maximum atomic E-state index is 5.66. The van der Waals surface area contributed by atoms with Crippen molar-refractivity contribution in [1.82, 2.24) is 0 Å². The highest BCUT2D eigenvalue weighted by atomic mass is 16.5. The highest BCUT2D eigenvalue weighted by molar-refractivity contribution is 5.28. The molecule has 0 spiro atoms. The fourth-order valence-electron chi connectivity index (χ4n) is 1.45. The van der Waals surface area contributed by atoms with Gasteiger partial charge in [0.05, 0.1) is 6.61 Å². The van der Waals surface area contributed by atoms with Crippen LogP contribution >= 0.6 is 0 Å². The van der Waals surface area contributed by atoms with Crippen molar-refractivity contribution in [2.75, 3.05) is 6.61 Å². The fourth-order valence-corrected chi connectivity index (χ4v) is 1.45. The lowest BCUT2D eigenvalue weighted by atomic mass is 10.2. The molecule has 0 bridgehead atoms. The van der Waals surface area contributed by atoms with Gasteiger partial charge in [-0.25, -0.2) is 0 Å². The third-order valence-electron chi connectivity index (χ3n) is 2.38. The van der Waals surface area contributed by atoms with Crippen LogP contribution < -0.4 is 10.5 Å². The second-order valence-electron chi connectivity index (χ2n) is 3.97. The van der Waals surface area contributed by atoms with Gasteiger partial charge in [0.25, 0.3) is 0 Å². The first-order valence-corrected chi connectivity index (χ1v) is 5.69. The molecule has 0 saturated heterocycles. The van der Waals surface area contributed by atoms with Gasteiger partial charge in [-0.1, -0.05) is 19.1 Å². The first kappa shape index (κ1) is 12.1. The van der Waals surface area contributed by atoms with Crippen LogP contribution in [0.3, 0.4) is 0 Å². The van der Waals surface area contributed by atoms with E-state index in [1.807, 2.05) is 19.1 Å². The van der Waals surface area contributed by atoms with Gasteiger partial charge in [-0.15, -0.1) is 0 Å². The summed E-state index contributed by atoms with van der Waals surface area (Å²) in [6, 6.07) is 8.54. The van der Waals surface area contributed by atoms with E-state index in [2.05, 4.69) is 19.1 Å². The Bertz CT molecular complexity index is 284. The van der Waals surface area contributed by atoms with E-state index >= 15 is 0 Å². The molecule has 1 aromatic carbocycles. The van der Waals surface area contributed by atoms with E-state index in [0.29, 0.717) is 0 Å². The number of rotatable bonds is 6. The van der Waals surface area contributed by atoms with E-state index in [1.54, 1.807) is 0 Å². The van der Waals surface area contributed by atoms with Gasteiger partial charge in [0.15, 0.2) is 0 Å². The first-order valence-electron chi connectivity index (χ1n) is 5.69. The Labute approximate surface area is 92.4 Å². The molecular weight excluding hydrogens is 186 g/mol. The minimum absolute atomic E-state index is 0.274. The van der Waals surface area contributed by atoms with Gasteiger partial charge in [0.1, 0.15) is 5.75 Å². The fraction of sp³-hybridized carbons (Fsp3) is 0.538. The summed E-state index contributed by atoms with van der Waals surface area (Å²) in [4.78, 5) is 0. The normalized spacial score (nSPS) is 12.5. The third kappa shape index (κ3) is 4.84. The van der Waals surface area contributed by atoms with Gasteiger partial charge < -0.3 is 10.5 Å². The minimum Gasteiger partial charge on any atom is -0.494 e. The SMILES string of the molecule is CCc1cccc(OCCCC(C)N)c1. The van der Waals surface area contributed by atoms with Crippen molar-refractivity contribution in [2.24, 2.45) is 5.73 Å². The zero-order valence-electron chi connectivity index (χ0n) is 9.70. The second-order valence-corrected chi connectivity index (χ2v) is 3.97. The smallest absolute Gasteiger partial charge is 0.119 e. The molecule has 1 rings (SSSR count). The highest BCUT2D eigenvalue weighted by Crippen LogP contribution is 2.14. The number of benzene rings is 1. The van der Waals surface area contributed by atoms with Gasteiger partial charge in [-0.3, -0.25) is 0 Å². The number of nitrogens with two attached hydrogens (primary N) is 1. The van der Waals surface area contributed by atoms with Gasteiger partial charge in [-0.05, 0) is 43.9 Å². The van der Waals surface area contributed by atoms with Gasteiger partial charge in [-0.2, -0.15) is 0 Å². The summed E-state index contributed by atoms with van der Waals surface area (Å²) in [5.74, 6) is 0.971. The Kier molecular flexibility index (Phi) is 5.19. The van der Waals surface area contributed by atoms with Gasteiger partial charge in [0, 0.05) is 6.04 Å². The van der Waals surface area contributed by atoms with E-state index < -0.39 is 0 Å². The quantitative estimate of drug-likeness (QED) is 0.728. The molecule has 15 heavy (non-hydrogen) atoms. The zero-order chi connectivity index (χ0) is 11.1. The first-order chi connectivity index (χ1) is 7.22. The summed E-state index contributed by atoms with van der Waals surface area (Å²) in [6.07, 6.45) is 3.10. The predicted octanol–water partition coefficient (Wildman–Crippen LogP) is 2.76. The van der Waals surface area contributed by atoms with Crippen LogP contribution in [0.4, 0.5) is 0 Å². The Morgan fingerprint density at radius 3 is 2.87 bits per heavy atom. The molecule has 0 radical (unpaired) electrons. The Morgan fingerprint density at radius 1 is 1.40 bits per heavy atom. The minimum atomic E-state index is 0.274. The van der Waals surface area contributed by atoms with E-state index in [-0.39, 0.29) is 6.04 Å². The summed E-state index contributed by atoms with van der Waals surface area (Å²) in [6.45, 7) is 4.93. The Balaban J connectivity index is 2.30. The summed E-state index contributed by atoms with van der Waals surface area (Å²) >= 11 is 0. The molecule has 1 atom stereocenters. The molecule has 1 aromatic rings. The summed E-state index contributed by atoms with van der Waals surface area (Å²) in [7, 11) is 0. The lowest BCUT2D eigenvalue weighted by Gasteiger charge is -2.08. The molecule has 0 fully saturated rings. The number of hydrogen-bond donors (Lipinski definition) is 1. The molecule has 0 aliphatic rings. The molecule has 0 aromatic heterocycles. The van der Waals surface area contributed by atoms with Crippen LogP contribution in [0.5, 0.6) is 5.75 Å². The van der Waals surface area contributed by atoms with Gasteiger partial charge in [0.2, 0.25) is 0 Å². The van der Waals surface area contributed by atoms with Crippen LogP contribution in [-0.2, 0) is 6.42 Å². The predicted molar refractivity (Wildman–Crippen MR) is 64.2 cm³/mol. The second kappa shape index (κ2) is 6.46. The van der Waals surface area contributed by atoms with Crippen molar-refractivity contribution in [3.05, 3.63) is 29.8 Å².